The maximum absolute atomic E-state index is 12.0. The van der Waals surface area contributed by atoms with E-state index in [0.29, 0.717) is 26.6 Å². The van der Waals surface area contributed by atoms with Gasteiger partial charge in [-0.1, -0.05) is 34.8 Å². The molecule has 1 aromatic carbocycles. The van der Waals surface area contributed by atoms with Gasteiger partial charge >= 0.3 is 0 Å². The molecule has 21 heavy (non-hydrogen) atoms. The number of benzene rings is 1. The molecule has 0 aliphatic rings. The van der Waals surface area contributed by atoms with Crippen LogP contribution in [0.15, 0.2) is 36.5 Å². The number of pyridine rings is 1. The van der Waals surface area contributed by atoms with Crippen molar-refractivity contribution < 1.29 is 9.53 Å². The first-order valence-corrected chi connectivity index (χ1v) is 7.13. The van der Waals surface area contributed by atoms with Crippen LogP contribution in [0.1, 0.15) is 6.92 Å². The second-order valence-corrected chi connectivity index (χ2v) is 5.47. The van der Waals surface area contributed by atoms with Crippen LogP contribution in [0.3, 0.4) is 0 Å². The minimum Gasteiger partial charge on any atom is -0.479 e. The van der Waals surface area contributed by atoms with E-state index in [1.165, 1.54) is 6.20 Å². The molecule has 0 radical (unpaired) electrons. The minimum absolute atomic E-state index is 0.343. The standard InChI is InChI=1S/C14H11Cl3N2O2/c1-8(21-12-6-9(15)2-4-11(12)17)14(20)19-13-5-3-10(16)7-18-13/h2-8H,1H3,(H,18,19,20)/t8-/m1/s1. The number of anilines is 1. The van der Waals surface area contributed by atoms with Gasteiger partial charge in [-0.25, -0.2) is 4.98 Å². The molecule has 7 heteroatoms. The topological polar surface area (TPSA) is 51.2 Å². The van der Waals surface area contributed by atoms with Crippen molar-refractivity contribution in [2.24, 2.45) is 0 Å². The number of carbonyl (C=O) groups excluding carboxylic acids is 1. The maximum atomic E-state index is 12.0. The van der Waals surface area contributed by atoms with Crippen LogP contribution in [0, 0.1) is 0 Å². The monoisotopic (exact) mass is 344 g/mol. The lowest BCUT2D eigenvalue weighted by Crippen LogP contribution is -2.30. The van der Waals surface area contributed by atoms with Gasteiger partial charge in [0.1, 0.15) is 11.6 Å². The highest BCUT2D eigenvalue weighted by molar-refractivity contribution is 6.34. The molecule has 1 amide bonds. The van der Waals surface area contributed by atoms with E-state index < -0.39 is 6.10 Å². The van der Waals surface area contributed by atoms with Crippen molar-refractivity contribution in [2.75, 3.05) is 5.32 Å². The maximum Gasteiger partial charge on any atom is 0.266 e. The summed E-state index contributed by atoms with van der Waals surface area (Å²) in [6, 6.07) is 8.01. The summed E-state index contributed by atoms with van der Waals surface area (Å²) in [4.78, 5) is 16.0. The minimum atomic E-state index is -0.765. The lowest BCUT2D eigenvalue weighted by Gasteiger charge is -2.15. The lowest BCUT2D eigenvalue weighted by molar-refractivity contribution is -0.122. The van der Waals surface area contributed by atoms with Crippen LogP contribution in [-0.2, 0) is 4.79 Å². The Hall–Kier alpha value is -1.49. The van der Waals surface area contributed by atoms with E-state index in [4.69, 9.17) is 39.5 Å². The number of nitrogens with one attached hydrogen (secondary N) is 1. The van der Waals surface area contributed by atoms with Gasteiger partial charge < -0.3 is 10.1 Å². The second-order valence-electron chi connectivity index (χ2n) is 4.19. The van der Waals surface area contributed by atoms with Gasteiger partial charge in [0, 0.05) is 17.3 Å². The quantitative estimate of drug-likeness (QED) is 0.890. The molecular formula is C14H11Cl3N2O2. The molecule has 0 saturated carbocycles. The van der Waals surface area contributed by atoms with Gasteiger partial charge in [-0.15, -0.1) is 0 Å². The summed E-state index contributed by atoms with van der Waals surface area (Å²) in [6.45, 7) is 1.60. The molecule has 1 N–H and O–H groups in total. The third-order valence-electron chi connectivity index (χ3n) is 2.54. The largest absolute Gasteiger partial charge is 0.479 e. The highest BCUT2D eigenvalue weighted by Gasteiger charge is 2.17. The zero-order valence-corrected chi connectivity index (χ0v) is 13.2. The van der Waals surface area contributed by atoms with Crippen molar-refractivity contribution in [1.29, 1.82) is 0 Å². The number of hydrogen-bond acceptors (Lipinski definition) is 3. The van der Waals surface area contributed by atoms with E-state index in [9.17, 15) is 4.79 Å². The molecule has 4 nitrogen and oxygen atoms in total. The van der Waals surface area contributed by atoms with Crippen LogP contribution in [0.5, 0.6) is 5.75 Å². The summed E-state index contributed by atoms with van der Waals surface area (Å²) in [5.41, 5.74) is 0. The van der Waals surface area contributed by atoms with Gasteiger partial charge in [0.05, 0.1) is 10.0 Å². The molecule has 0 bridgehead atoms. The Balaban J connectivity index is 2.02. The Labute approximate surface area is 137 Å². The molecule has 0 aliphatic carbocycles. The third-order valence-corrected chi connectivity index (χ3v) is 3.32. The highest BCUT2D eigenvalue weighted by atomic mass is 35.5. The first-order valence-electron chi connectivity index (χ1n) is 6.00. The lowest BCUT2D eigenvalue weighted by atomic mass is 10.3. The molecular weight excluding hydrogens is 335 g/mol. The molecule has 1 aromatic heterocycles. The van der Waals surface area contributed by atoms with Crippen molar-refractivity contribution >= 4 is 46.5 Å². The Bertz CT molecular complexity index is 647. The number of aromatic nitrogens is 1. The van der Waals surface area contributed by atoms with Crippen molar-refractivity contribution in [1.82, 2.24) is 4.98 Å². The predicted molar refractivity (Wildman–Crippen MR) is 84.4 cm³/mol. The van der Waals surface area contributed by atoms with Crippen molar-refractivity contribution in [3.63, 3.8) is 0 Å². The zero-order chi connectivity index (χ0) is 15.4. The van der Waals surface area contributed by atoms with E-state index in [1.54, 1.807) is 37.3 Å². The van der Waals surface area contributed by atoms with Crippen LogP contribution >= 0.6 is 34.8 Å². The van der Waals surface area contributed by atoms with Gasteiger partial charge in [-0.2, -0.15) is 0 Å². The molecule has 0 unspecified atom stereocenters. The normalized spacial score (nSPS) is 11.8. The first-order chi connectivity index (χ1) is 9.95. The predicted octanol–water partition coefficient (Wildman–Crippen LogP) is 4.45. The molecule has 2 aromatic rings. The highest BCUT2D eigenvalue weighted by Crippen LogP contribution is 2.28. The Morgan fingerprint density at radius 3 is 2.57 bits per heavy atom. The van der Waals surface area contributed by atoms with Crippen molar-refractivity contribution in [2.45, 2.75) is 13.0 Å². The third kappa shape index (κ3) is 4.49. The van der Waals surface area contributed by atoms with Crippen LogP contribution < -0.4 is 10.1 Å². The van der Waals surface area contributed by atoms with Gasteiger partial charge in [0.2, 0.25) is 0 Å². The van der Waals surface area contributed by atoms with Crippen molar-refractivity contribution in [3.8, 4) is 5.75 Å². The van der Waals surface area contributed by atoms with Gasteiger partial charge in [0.25, 0.3) is 5.91 Å². The molecule has 1 atom stereocenters. The fraction of sp³-hybridized carbons (Fsp3) is 0.143. The van der Waals surface area contributed by atoms with E-state index in [1.807, 2.05) is 0 Å². The number of carbonyl (C=O) groups is 1. The fourth-order valence-electron chi connectivity index (χ4n) is 1.49. The van der Waals surface area contributed by atoms with E-state index in [2.05, 4.69) is 10.3 Å². The summed E-state index contributed by atoms with van der Waals surface area (Å²) in [5, 5.41) is 3.95. The average Bonchev–Trinajstić information content (AvgIpc) is 2.45. The van der Waals surface area contributed by atoms with Crippen LogP contribution in [0.2, 0.25) is 15.1 Å². The Morgan fingerprint density at radius 1 is 1.19 bits per heavy atom. The summed E-state index contributed by atoms with van der Waals surface area (Å²) in [6.07, 6.45) is 0.676. The number of nitrogens with zero attached hydrogens (tertiary/aromatic N) is 1. The summed E-state index contributed by atoms with van der Waals surface area (Å²) in [5.74, 6) is 0.369. The van der Waals surface area contributed by atoms with E-state index in [0.717, 1.165) is 0 Å². The SMILES string of the molecule is C[C@@H](Oc1cc(Cl)ccc1Cl)C(=O)Nc1ccc(Cl)cn1. The smallest absolute Gasteiger partial charge is 0.266 e. The fourth-order valence-corrected chi connectivity index (χ4v) is 1.93. The molecule has 0 saturated heterocycles. The molecule has 0 fully saturated rings. The molecule has 0 spiro atoms. The van der Waals surface area contributed by atoms with Crippen LogP contribution in [0.4, 0.5) is 5.82 Å². The molecule has 0 aliphatic heterocycles. The number of rotatable bonds is 4. The average molecular weight is 346 g/mol. The first kappa shape index (κ1) is 15.9. The summed E-state index contributed by atoms with van der Waals surface area (Å²) >= 11 is 17.6. The van der Waals surface area contributed by atoms with Gasteiger partial charge in [0.15, 0.2) is 6.10 Å². The number of amides is 1. The number of hydrogen-bond donors (Lipinski definition) is 1. The van der Waals surface area contributed by atoms with Gasteiger partial charge in [-0.3, -0.25) is 4.79 Å². The van der Waals surface area contributed by atoms with Crippen LogP contribution in [-0.4, -0.2) is 17.0 Å². The van der Waals surface area contributed by atoms with E-state index in [-0.39, 0.29) is 5.91 Å². The Kier molecular flexibility index (Phi) is 5.28. The Morgan fingerprint density at radius 2 is 1.90 bits per heavy atom. The van der Waals surface area contributed by atoms with Crippen molar-refractivity contribution in [3.05, 3.63) is 51.6 Å². The number of ether oxygens (including phenoxy) is 1. The zero-order valence-electron chi connectivity index (χ0n) is 10.9. The number of halogens is 3. The van der Waals surface area contributed by atoms with Gasteiger partial charge in [-0.05, 0) is 31.2 Å². The molecule has 2 rings (SSSR count). The van der Waals surface area contributed by atoms with Crippen LogP contribution in [0.25, 0.3) is 0 Å². The molecule has 1 heterocycles. The molecule has 110 valence electrons. The summed E-state index contributed by atoms with van der Waals surface area (Å²) in [7, 11) is 0. The second kappa shape index (κ2) is 6.98. The summed E-state index contributed by atoms with van der Waals surface area (Å²) < 4.78 is 5.50. The van der Waals surface area contributed by atoms with E-state index >= 15 is 0 Å².